The average Bonchev–Trinajstić information content (AvgIpc) is 3.66. The number of esters is 2. The highest BCUT2D eigenvalue weighted by Gasteiger charge is 2.56. The molecule has 3 amide bonds. The number of benzene rings is 2. The summed E-state index contributed by atoms with van der Waals surface area (Å²) < 4.78 is 16.2. The molecule has 2 heterocycles. The number of nitrogens with one attached hydrogen (secondary N) is 1. The third-order valence-electron chi connectivity index (χ3n) is 8.24. The SMILES string of the molecule is COC(=O)C1(C(=O)OC(C)(C)C)Cc2cc(/C=C/C(=O)N[C@H](C(=O)N3CCC[C@H]3C(=O)N(C)c3ccc(Cl)cc3)C(C)(C)C)ccc2O1. The molecule has 1 unspecified atom stereocenters. The molecule has 48 heavy (non-hydrogen) atoms. The fourth-order valence-corrected chi connectivity index (χ4v) is 5.87. The quantitative estimate of drug-likeness (QED) is 0.241. The molecule has 1 saturated heterocycles. The molecule has 2 aliphatic rings. The molecular weight excluding hydrogens is 638 g/mol. The predicted octanol–water partition coefficient (Wildman–Crippen LogP) is 4.73. The van der Waals surface area contributed by atoms with Gasteiger partial charge in [0.25, 0.3) is 0 Å². The number of ether oxygens (including phenoxy) is 3. The zero-order chi connectivity index (χ0) is 35.6. The maximum absolute atomic E-state index is 13.9. The van der Waals surface area contributed by atoms with Gasteiger partial charge in [0.15, 0.2) is 0 Å². The van der Waals surface area contributed by atoms with Crippen molar-refractivity contribution in [1.29, 1.82) is 0 Å². The first-order valence-electron chi connectivity index (χ1n) is 15.8. The first-order chi connectivity index (χ1) is 22.4. The van der Waals surface area contributed by atoms with Gasteiger partial charge in [-0.1, -0.05) is 38.4 Å². The van der Waals surface area contributed by atoms with Gasteiger partial charge in [-0.15, -0.1) is 0 Å². The third-order valence-corrected chi connectivity index (χ3v) is 8.50. The highest BCUT2D eigenvalue weighted by molar-refractivity contribution is 6.30. The zero-order valence-electron chi connectivity index (χ0n) is 28.7. The van der Waals surface area contributed by atoms with Crippen molar-refractivity contribution in [3.8, 4) is 5.75 Å². The summed E-state index contributed by atoms with van der Waals surface area (Å²) in [7, 11) is 2.84. The summed E-state index contributed by atoms with van der Waals surface area (Å²) in [5.74, 6) is -2.46. The lowest BCUT2D eigenvalue weighted by atomic mass is 9.85. The number of anilines is 1. The molecule has 2 aromatic rings. The Hall–Kier alpha value is -4.38. The van der Waals surface area contributed by atoms with Crippen LogP contribution >= 0.6 is 11.6 Å². The maximum atomic E-state index is 13.9. The molecule has 0 spiro atoms. The number of nitrogens with zero attached hydrogens (tertiary/aromatic N) is 2. The van der Waals surface area contributed by atoms with Crippen molar-refractivity contribution in [1.82, 2.24) is 10.2 Å². The molecule has 11 nitrogen and oxygen atoms in total. The van der Waals surface area contributed by atoms with Gasteiger partial charge in [0.1, 0.15) is 23.4 Å². The molecule has 4 rings (SSSR count). The van der Waals surface area contributed by atoms with E-state index in [0.717, 1.165) is 0 Å². The first kappa shape index (κ1) is 36.5. The second kappa shape index (κ2) is 14.0. The minimum Gasteiger partial charge on any atom is -0.466 e. The third kappa shape index (κ3) is 8.01. The topological polar surface area (TPSA) is 132 Å². The van der Waals surface area contributed by atoms with Crippen molar-refractivity contribution < 1.29 is 38.2 Å². The highest BCUT2D eigenvalue weighted by Crippen LogP contribution is 2.38. The molecule has 0 saturated carbocycles. The van der Waals surface area contributed by atoms with Crippen molar-refractivity contribution in [2.24, 2.45) is 5.41 Å². The van der Waals surface area contributed by atoms with Gasteiger partial charge in [0.05, 0.1) is 7.11 Å². The maximum Gasteiger partial charge on any atom is 0.363 e. The van der Waals surface area contributed by atoms with Crippen LogP contribution in [0.2, 0.25) is 5.02 Å². The Balaban J connectivity index is 1.48. The molecule has 12 heteroatoms. The molecule has 1 N–H and O–H groups in total. The minimum atomic E-state index is -1.98. The van der Waals surface area contributed by atoms with Crippen LogP contribution in [0.4, 0.5) is 5.69 Å². The van der Waals surface area contributed by atoms with Crippen LogP contribution in [0.3, 0.4) is 0 Å². The summed E-state index contributed by atoms with van der Waals surface area (Å²) in [6.07, 6.45) is 3.94. The van der Waals surface area contributed by atoms with Crippen molar-refractivity contribution in [2.75, 3.05) is 25.6 Å². The van der Waals surface area contributed by atoms with Crippen molar-refractivity contribution in [3.05, 3.63) is 64.7 Å². The normalized spacial score (nSPS) is 19.7. The van der Waals surface area contributed by atoms with Crippen LogP contribution in [0.25, 0.3) is 6.08 Å². The highest BCUT2D eigenvalue weighted by atomic mass is 35.5. The fourth-order valence-electron chi connectivity index (χ4n) is 5.75. The second-order valence-corrected chi connectivity index (χ2v) is 14.6. The number of rotatable bonds is 8. The predicted molar refractivity (Wildman–Crippen MR) is 181 cm³/mol. The summed E-state index contributed by atoms with van der Waals surface area (Å²) in [5, 5.41) is 3.41. The lowest BCUT2D eigenvalue weighted by Gasteiger charge is -2.36. The van der Waals surface area contributed by atoms with Crippen LogP contribution in [0.15, 0.2) is 48.5 Å². The summed E-state index contributed by atoms with van der Waals surface area (Å²) in [6.45, 7) is 11.0. The largest absolute Gasteiger partial charge is 0.466 e. The van der Waals surface area contributed by atoms with E-state index in [-0.39, 0.29) is 18.2 Å². The molecule has 0 radical (unpaired) electrons. The lowest BCUT2D eigenvalue weighted by molar-refractivity contribution is -0.184. The van der Waals surface area contributed by atoms with Crippen molar-refractivity contribution in [2.45, 2.75) is 84.1 Å². The second-order valence-electron chi connectivity index (χ2n) is 14.2. The Morgan fingerprint density at radius 3 is 2.31 bits per heavy atom. The Labute approximate surface area is 286 Å². The molecule has 3 atom stereocenters. The Kier molecular flexibility index (Phi) is 10.6. The van der Waals surface area contributed by atoms with Crippen LogP contribution in [0.1, 0.15) is 65.5 Å². The Bertz CT molecular complexity index is 1610. The van der Waals surface area contributed by atoms with E-state index in [4.69, 9.17) is 25.8 Å². The van der Waals surface area contributed by atoms with Gasteiger partial charge >= 0.3 is 17.5 Å². The molecule has 258 valence electrons. The number of methoxy groups -OCH3 is 1. The van der Waals surface area contributed by atoms with E-state index >= 15 is 0 Å². The van der Waals surface area contributed by atoms with E-state index in [0.29, 0.717) is 47.0 Å². The standard InChI is InChI=1S/C36H44ClN3O8/c1-34(2,3)29(31(43)40-19-9-10-26(40)30(42)39(7)25-15-13-24(37)14-16-25)38-28(41)18-12-22-11-17-27-23(20-22)21-36(47-27,32(44)46-8)33(45)48-35(4,5)6/h11-18,20,26,29H,9-10,19,21H2,1-8H3,(H,38,41)/b18-12+/t26-,29+,36?/m0/s1. The number of amides is 3. The van der Waals surface area contributed by atoms with Crippen LogP contribution in [0, 0.1) is 5.41 Å². The summed E-state index contributed by atoms with van der Waals surface area (Å²) in [5.41, 5.74) is -1.68. The van der Waals surface area contributed by atoms with Gasteiger partial charge < -0.3 is 29.3 Å². The number of fused-ring (bicyclic) bond motifs is 1. The molecule has 2 aliphatic heterocycles. The molecule has 0 bridgehead atoms. The fraction of sp³-hybridized carbons (Fsp3) is 0.472. The molecule has 1 fully saturated rings. The number of halogens is 1. The molecule has 2 aromatic carbocycles. The summed E-state index contributed by atoms with van der Waals surface area (Å²) in [4.78, 5) is 69.6. The zero-order valence-corrected chi connectivity index (χ0v) is 29.5. The Morgan fingerprint density at radius 1 is 1.04 bits per heavy atom. The van der Waals surface area contributed by atoms with E-state index in [9.17, 15) is 24.0 Å². The first-order valence-corrected chi connectivity index (χ1v) is 16.2. The van der Waals surface area contributed by atoms with Gasteiger partial charge in [0, 0.05) is 42.4 Å². The van der Waals surface area contributed by atoms with Gasteiger partial charge in [-0.05, 0) is 87.1 Å². The average molecular weight is 682 g/mol. The van der Waals surface area contributed by atoms with Crippen LogP contribution < -0.4 is 15.0 Å². The molecule has 0 aliphatic carbocycles. The monoisotopic (exact) mass is 681 g/mol. The van der Waals surface area contributed by atoms with E-state index in [1.807, 2.05) is 20.8 Å². The number of carbonyl (C=O) groups is 5. The molecule has 0 aromatic heterocycles. The van der Waals surface area contributed by atoms with E-state index in [1.165, 1.54) is 18.1 Å². The molecular formula is C36H44ClN3O8. The smallest absolute Gasteiger partial charge is 0.363 e. The van der Waals surface area contributed by atoms with Crippen LogP contribution in [-0.4, -0.2) is 78.5 Å². The van der Waals surface area contributed by atoms with Crippen molar-refractivity contribution >= 4 is 53.0 Å². The number of likely N-dealkylation sites (N-methyl/N-ethyl adjacent to an activating group) is 1. The van der Waals surface area contributed by atoms with Gasteiger partial charge in [-0.25, -0.2) is 9.59 Å². The van der Waals surface area contributed by atoms with Crippen molar-refractivity contribution in [3.63, 3.8) is 0 Å². The summed E-state index contributed by atoms with van der Waals surface area (Å²) >= 11 is 6.01. The van der Waals surface area contributed by atoms with Gasteiger partial charge in [-0.3, -0.25) is 14.4 Å². The minimum absolute atomic E-state index is 0.110. The van der Waals surface area contributed by atoms with E-state index in [1.54, 1.807) is 81.3 Å². The Morgan fingerprint density at radius 2 is 1.71 bits per heavy atom. The number of likely N-dealkylation sites (tertiary alicyclic amines) is 1. The van der Waals surface area contributed by atoms with Crippen LogP contribution in [-0.2, 0) is 39.9 Å². The van der Waals surface area contributed by atoms with Gasteiger partial charge in [-0.2, -0.15) is 0 Å². The van der Waals surface area contributed by atoms with Crippen LogP contribution in [0.5, 0.6) is 5.75 Å². The summed E-state index contributed by atoms with van der Waals surface area (Å²) in [6, 6.07) is 10.3. The van der Waals surface area contributed by atoms with Gasteiger partial charge in [0.2, 0.25) is 17.7 Å². The van der Waals surface area contributed by atoms with E-state index in [2.05, 4.69) is 5.32 Å². The number of carbonyl (C=O) groups excluding carboxylic acids is 5. The van der Waals surface area contributed by atoms with E-state index < -0.39 is 46.5 Å². The number of hydrogen-bond donors (Lipinski definition) is 1. The number of hydrogen-bond acceptors (Lipinski definition) is 8. The lowest BCUT2D eigenvalue weighted by Crippen LogP contribution is -2.57.